The van der Waals surface area contributed by atoms with E-state index in [0.717, 1.165) is 41.4 Å². The first-order valence-electron chi connectivity index (χ1n) is 10.7. The Morgan fingerprint density at radius 1 is 1.19 bits per heavy atom. The molecule has 2 aromatic carbocycles. The zero-order valence-electron chi connectivity index (χ0n) is 19.1. The van der Waals surface area contributed by atoms with E-state index in [1.807, 2.05) is 62.6 Å². The van der Waals surface area contributed by atoms with Crippen LogP contribution in [0.3, 0.4) is 0 Å². The van der Waals surface area contributed by atoms with Crippen molar-refractivity contribution in [1.82, 2.24) is 5.32 Å². The Kier molecular flexibility index (Phi) is 10.6. The summed E-state index contributed by atoms with van der Waals surface area (Å²) in [6.07, 6.45) is 12.1. The Hall–Kier alpha value is -2.98. The first-order chi connectivity index (χ1) is 15.5. The highest BCUT2D eigenvalue weighted by molar-refractivity contribution is 6.30. The number of benzene rings is 2. The highest BCUT2D eigenvalue weighted by Crippen LogP contribution is 2.22. The van der Waals surface area contributed by atoms with Crippen LogP contribution in [0.1, 0.15) is 24.5 Å². The quantitative estimate of drug-likeness (QED) is 0.271. The first kappa shape index (κ1) is 25.3. The molecule has 0 heterocycles. The van der Waals surface area contributed by atoms with Crippen molar-refractivity contribution < 1.29 is 9.13 Å². The van der Waals surface area contributed by atoms with Crippen LogP contribution in [0.5, 0.6) is 5.75 Å². The maximum absolute atomic E-state index is 14.2. The zero-order chi connectivity index (χ0) is 23.3. The molecule has 170 valence electrons. The molecule has 0 saturated carbocycles. The minimum absolute atomic E-state index is 0.266. The van der Waals surface area contributed by atoms with Crippen LogP contribution in [0, 0.1) is 5.82 Å². The van der Waals surface area contributed by atoms with Gasteiger partial charge in [-0.15, -0.1) is 0 Å². The molecule has 0 unspecified atom stereocenters. The molecule has 32 heavy (non-hydrogen) atoms. The van der Waals surface area contributed by atoms with Gasteiger partial charge in [-0.25, -0.2) is 4.39 Å². The molecule has 0 spiro atoms. The predicted molar refractivity (Wildman–Crippen MR) is 135 cm³/mol. The zero-order valence-corrected chi connectivity index (χ0v) is 19.8. The van der Waals surface area contributed by atoms with E-state index >= 15 is 0 Å². The highest BCUT2D eigenvalue weighted by Gasteiger charge is 2.06. The van der Waals surface area contributed by atoms with Gasteiger partial charge in [0.15, 0.2) is 11.6 Å². The van der Waals surface area contributed by atoms with Gasteiger partial charge in [-0.1, -0.05) is 60.7 Å². The number of hydrogen-bond donors (Lipinski definition) is 2. The molecule has 2 aromatic rings. The normalized spacial score (nSPS) is 11.8. The minimum Gasteiger partial charge on any atom is -0.494 e. The lowest BCUT2D eigenvalue weighted by Gasteiger charge is -2.12. The molecule has 0 atom stereocenters. The summed E-state index contributed by atoms with van der Waals surface area (Å²) in [5, 5.41) is 7.34. The van der Waals surface area contributed by atoms with Crippen LogP contribution in [0.4, 0.5) is 10.1 Å². The Bertz CT molecular complexity index is 995. The fourth-order valence-corrected chi connectivity index (χ4v) is 3.50. The van der Waals surface area contributed by atoms with Gasteiger partial charge in [-0.2, -0.15) is 0 Å². The summed E-state index contributed by atoms with van der Waals surface area (Å²) in [6, 6.07) is 11.1. The van der Waals surface area contributed by atoms with E-state index in [9.17, 15) is 4.39 Å². The summed E-state index contributed by atoms with van der Waals surface area (Å²) in [5.41, 5.74) is 4.80. The molecule has 2 rings (SSSR count). The van der Waals surface area contributed by atoms with Gasteiger partial charge in [0.2, 0.25) is 0 Å². The number of nitrogens with one attached hydrogen (secondary N) is 2. The summed E-state index contributed by atoms with van der Waals surface area (Å²) in [6.45, 7) is 6.93. The third kappa shape index (κ3) is 7.61. The van der Waals surface area contributed by atoms with Crippen molar-refractivity contribution in [2.24, 2.45) is 0 Å². The average Bonchev–Trinajstić information content (AvgIpc) is 2.80. The molecule has 0 radical (unpaired) electrons. The first-order valence-corrected chi connectivity index (χ1v) is 11.1. The van der Waals surface area contributed by atoms with Crippen molar-refractivity contribution in [3.8, 4) is 5.75 Å². The molecule has 0 fully saturated rings. The SMILES string of the molecule is C=C(NCCCc1cc(Cl)ccc1NC)C(/C=C\C=C\Cc1cccc(OC)c1F)=C/C. The molecular formula is C27H32ClFN2O. The Labute approximate surface area is 196 Å². The lowest BCUT2D eigenvalue weighted by molar-refractivity contribution is 0.384. The summed E-state index contributed by atoms with van der Waals surface area (Å²) in [5.74, 6) is -0.0440. The Morgan fingerprint density at radius 2 is 2.00 bits per heavy atom. The number of rotatable bonds is 12. The monoisotopic (exact) mass is 454 g/mol. The fourth-order valence-electron chi connectivity index (χ4n) is 3.31. The van der Waals surface area contributed by atoms with Crippen LogP contribution in [-0.4, -0.2) is 20.7 Å². The van der Waals surface area contributed by atoms with Gasteiger partial charge >= 0.3 is 0 Å². The van der Waals surface area contributed by atoms with Crippen molar-refractivity contribution in [3.63, 3.8) is 0 Å². The second-order valence-corrected chi connectivity index (χ2v) is 7.67. The van der Waals surface area contributed by atoms with E-state index < -0.39 is 0 Å². The number of aryl methyl sites for hydroxylation is 1. The molecule has 0 aliphatic heterocycles. The molecule has 0 saturated heterocycles. The van der Waals surface area contributed by atoms with Crippen LogP contribution in [0.25, 0.3) is 0 Å². The van der Waals surface area contributed by atoms with E-state index in [0.29, 0.717) is 12.0 Å². The third-order valence-electron chi connectivity index (χ3n) is 5.08. The van der Waals surface area contributed by atoms with Crippen LogP contribution in [0.2, 0.25) is 5.02 Å². The predicted octanol–water partition coefficient (Wildman–Crippen LogP) is 6.87. The Morgan fingerprint density at radius 3 is 2.72 bits per heavy atom. The number of ether oxygens (including phenoxy) is 1. The lowest BCUT2D eigenvalue weighted by Crippen LogP contribution is -2.15. The second kappa shape index (κ2) is 13.4. The van der Waals surface area contributed by atoms with E-state index in [-0.39, 0.29) is 11.6 Å². The standard InChI is InChI=1S/C27H32ClFN2O/c1-5-21(11-7-6-8-12-22-13-9-15-26(32-4)27(22)29)20(2)31-18-10-14-23-19-24(28)16-17-25(23)30-3/h5-9,11,13,15-17,19,30-31H,2,10,12,14,18H2,1,3-4H3/b8-6+,11-7-,21-5+. The van der Waals surface area contributed by atoms with Crippen molar-refractivity contribution in [3.05, 3.63) is 107 Å². The van der Waals surface area contributed by atoms with Crippen LogP contribution >= 0.6 is 11.6 Å². The van der Waals surface area contributed by atoms with Crippen LogP contribution in [-0.2, 0) is 12.8 Å². The van der Waals surface area contributed by atoms with Gasteiger partial charge in [-0.05, 0) is 67.2 Å². The molecule has 2 N–H and O–H groups in total. The number of allylic oxidation sites excluding steroid dienone is 5. The molecule has 3 nitrogen and oxygen atoms in total. The molecule has 0 aliphatic rings. The molecular weight excluding hydrogens is 423 g/mol. The van der Waals surface area contributed by atoms with Crippen molar-refractivity contribution in [2.45, 2.75) is 26.2 Å². The second-order valence-electron chi connectivity index (χ2n) is 7.23. The van der Waals surface area contributed by atoms with Gasteiger partial charge in [-0.3, -0.25) is 0 Å². The topological polar surface area (TPSA) is 33.3 Å². The van der Waals surface area contributed by atoms with E-state index in [4.69, 9.17) is 16.3 Å². The number of anilines is 1. The summed E-state index contributed by atoms with van der Waals surface area (Å²) < 4.78 is 19.2. The lowest BCUT2D eigenvalue weighted by atomic mass is 10.1. The smallest absolute Gasteiger partial charge is 0.168 e. The van der Waals surface area contributed by atoms with Gasteiger partial charge in [0.25, 0.3) is 0 Å². The van der Waals surface area contributed by atoms with Crippen LogP contribution < -0.4 is 15.4 Å². The van der Waals surface area contributed by atoms with Gasteiger partial charge in [0, 0.05) is 30.0 Å². The third-order valence-corrected chi connectivity index (χ3v) is 5.32. The molecule has 0 bridgehead atoms. The maximum atomic E-state index is 14.2. The minimum atomic E-state index is -0.310. The largest absolute Gasteiger partial charge is 0.494 e. The van der Waals surface area contributed by atoms with Gasteiger partial charge in [0.05, 0.1) is 7.11 Å². The van der Waals surface area contributed by atoms with Gasteiger partial charge in [0.1, 0.15) is 0 Å². The number of hydrogen-bond acceptors (Lipinski definition) is 3. The Balaban J connectivity index is 1.81. The van der Waals surface area contributed by atoms with E-state index in [1.54, 1.807) is 18.2 Å². The van der Waals surface area contributed by atoms with Gasteiger partial charge < -0.3 is 15.4 Å². The van der Waals surface area contributed by atoms with E-state index in [2.05, 4.69) is 17.2 Å². The van der Waals surface area contributed by atoms with Crippen molar-refractivity contribution >= 4 is 17.3 Å². The molecule has 0 aromatic heterocycles. The summed E-state index contributed by atoms with van der Waals surface area (Å²) in [4.78, 5) is 0. The average molecular weight is 455 g/mol. The van der Waals surface area contributed by atoms with Crippen LogP contribution in [0.15, 0.2) is 84.6 Å². The molecule has 5 heteroatoms. The molecule has 0 amide bonds. The highest BCUT2D eigenvalue weighted by atomic mass is 35.5. The summed E-state index contributed by atoms with van der Waals surface area (Å²) >= 11 is 6.12. The molecule has 0 aliphatic carbocycles. The number of methoxy groups -OCH3 is 1. The van der Waals surface area contributed by atoms with Crippen molar-refractivity contribution in [1.29, 1.82) is 0 Å². The summed E-state index contributed by atoms with van der Waals surface area (Å²) in [7, 11) is 3.39. The van der Waals surface area contributed by atoms with E-state index in [1.165, 1.54) is 12.7 Å². The number of halogens is 2. The maximum Gasteiger partial charge on any atom is 0.168 e. The fraction of sp³-hybridized carbons (Fsp3) is 0.259. The van der Waals surface area contributed by atoms with Crippen molar-refractivity contribution in [2.75, 3.05) is 26.0 Å².